The van der Waals surface area contributed by atoms with E-state index in [1.165, 1.54) is 0 Å². The maximum absolute atomic E-state index is 5.48. The Kier molecular flexibility index (Phi) is 4.20. The number of ether oxygens (including phenoxy) is 2. The average molecular weight is 330 g/mol. The summed E-state index contributed by atoms with van der Waals surface area (Å²) in [6, 6.07) is 3.66. The summed E-state index contributed by atoms with van der Waals surface area (Å²) in [6.45, 7) is 2.71. The van der Waals surface area contributed by atoms with Crippen molar-refractivity contribution in [3.63, 3.8) is 0 Å². The lowest BCUT2D eigenvalue weighted by atomic mass is 9.85. The van der Waals surface area contributed by atoms with Crippen molar-refractivity contribution in [2.24, 2.45) is 5.92 Å². The van der Waals surface area contributed by atoms with Gasteiger partial charge in [0, 0.05) is 43.0 Å². The van der Waals surface area contributed by atoms with Crippen molar-refractivity contribution in [2.45, 2.75) is 31.2 Å². The van der Waals surface area contributed by atoms with Gasteiger partial charge >= 0.3 is 0 Å². The highest BCUT2D eigenvalue weighted by atomic mass is 16.5. The van der Waals surface area contributed by atoms with Crippen molar-refractivity contribution in [3.05, 3.63) is 24.2 Å². The van der Waals surface area contributed by atoms with Gasteiger partial charge in [-0.25, -0.2) is 4.98 Å². The highest BCUT2D eigenvalue weighted by Gasteiger charge is 2.40. The van der Waals surface area contributed by atoms with E-state index in [1.807, 2.05) is 12.1 Å². The molecule has 2 aliphatic rings. The average Bonchev–Trinajstić information content (AvgIpc) is 3.24. The van der Waals surface area contributed by atoms with Gasteiger partial charge in [0.1, 0.15) is 0 Å². The van der Waals surface area contributed by atoms with Crippen LogP contribution >= 0.6 is 0 Å². The van der Waals surface area contributed by atoms with Crippen LogP contribution in [-0.2, 0) is 11.2 Å². The third-order valence-corrected chi connectivity index (χ3v) is 5.03. The highest BCUT2D eigenvalue weighted by molar-refractivity contribution is 5.55. The Morgan fingerprint density at radius 2 is 2.25 bits per heavy atom. The van der Waals surface area contributed by atoms with Crippen molar-refractivity contribution >= 4 is 0 Å². The van der Waals surface area contributed by atoms with Gasteiger partial charge in [0.05, 0.1) is 7.11 Å². The second-order valence-corrected chi connectivity index (χ2v) is 6.65. The van der Waals surface area contributed by atoms with Gasteiger partial charge in [0.15, 0.2) is 0 Å². The van der Waals surface area contributed by atoms with Gasteiger partial charge < -0.3 is 19.3 Å². The lowest BCUT2D eigenvalue weighted by Crippen LogP contribution is -2.44. The molecule has 1 N–H and O–H groups in total. The number of nitrogens with zero attached hydrogens (tertiary/aromatic N) is 3. The lowest BCUT2D eigenvalue weighted by molar-refractivity contribution is 0.0444. The fraction of sp³-hybridized carbons (Fsp3) is 0.588. The first-order chi connectivity index (χ1) is 11.8. The Morgan fingerprint density at radius 3 is 3.08 bits per heavy atom. The topological polar surface area (TPSA) is 82.3 Å². The summed E-state index contributed by atoms with van der Waals surface area (Å²) < 4.78 is 16.1. The summed E-state index contributed by atoms with van der Waals surface area (Å²) >= 11 is 0. The van der Waals surface area contributed by atoms with Gasteiger partial charge in [0.25, 0.3) is 0 Å². The second kappa shape index (κ2) is 6.49. The lowest BCUT2D eigenvalue weighted by Gasteiger charge is -2.33. The van der Waals surface area contributed by atoms with Crippen LogP contribution in [0.1, 0.15) is 25.2 Å². The van der Waals surface area contributed by atoms with Crippen molar-refractivity contribution in [1.82, 2.24) is 20.4 Å². The summed E-state index contributed by atoms with van der Waals surface area (Å²) in [7, 11) is 1.59. The number of methoxy groups -OCH3 is 1. The van der Waals surface area contributed by atoms with E-state index in [9.17, 15) is 0 Å². The van der Waals surface area contributed by atoms with Crippen LogP contribution in [0.15, 0.2) is 22.9 Å². The van der Waals surface area contributed by atoms with Crippen LogP contribution in [0.5, 0.6) is 5.88 Å². The molecule has 24 heavy (non-hydrogen) atoms. The predicted octanol–water partition coefficient (Wildman–Crippen LogP) is 1.84. The van der Waals surface area contributed by atoms with Crippen molar-refractivity contribution < 1.29 is 14.0 Å². The Labute approximate surface area is 140 Å². The largest absolute Gasteiger partial charge is 0.481 e. The summed E-state index contributed by atoms with van der Waals surface area (Å²) in [5.74, 6) is 2.35. The molecular weight excluding hydrogens is 308 g/mol. The molecule has 1 unspecified atom stereocenters. The van der Waals surface area contributed by atoms with Gasteiger partial charge in [-0.1, -0.05) is 5.16 Å². The Morgan fingerprint density at radius 1 is 1.38 bits per heavy atom. The maximum atomic E-state index is 5.48. The second-order valence-electron chi connectivity index (χ2n) is 6.65. The molecule has 2 aromatic rings. The molecule has 0 saturated carbocycles. The molecule has 0 aliphatic carbocycles. The molecule has 0 radical (unpaired) electrons. The van der Waals surface area contributed by atoms with Crippen LogP contribution in [-0.4, -0.2) is 47.5 Å². The van der Waals surface area contributed by atoms with Crippen molar-refractivity contribution in [3.8, 4) is 17.3 Å². The third kappa shape index (κ3) is 3.14. The molecule has 0 bridgehead atoms. The fourth-order valence-electron chi connectivity index (χ4n) is 3.71. The van der Waals surface area contributed by atoms with Crippen LogP contribution in [0, 0.1) is 5.92 Å². The van der Waals surface area contributed by atoms with Crippen molar-refractivity contribution in [1.29, 1.82) is 0 Å². The molecular formula is C17H22N4O3. The zero-order valence-electron chi connectivity index (χ0n) is 13.8. The van der Waals surface area contributed by atoms with E-state index in [1.54, 1.807) is 13.3 Å². The number of hydrogen-bond acceptors (Lipinski definition) is 7. The quantitative estimate of drug-likeness (QED) is 0.916. The molecule has 2 fully saturated rings. The zero-order valence-corrected chi connectivity index (χ0v) is 13.8. The van der Waals surface area contributed by atoms with Gasteiger partial charge in [-0.3, -0.25) is 0 Å². The molecule has 2 aromatic heterocycles. The molecule has 2 aliphatic heterocycles. The molecule has 4 heterocycles. The van der Waals surface area contributed by atoms with E-state index in [-0.39, 0.29) is 5.54 Å². The van der Waals surface area contributed by atoms with E-state index in [2.05, 4.69) is 20.4 Å². The first-order valence-corrected chi connectivity index (χ1v) is 8.42. The molecule has 1 spiro atoms. The van der Waals surface area contributed by atoms with Gasteiger partial charge in [0.2, 0.25) is 17.6 Å². The van der Waals surface area contributed by atoms with E-state index >= 15 is 0 Å². The van der Waals surface area contributed by atoms with Crippen molar-refractivity contribution in [2.75, 3.05) is 26.9 Å². The molecule has 128 valence electrons. The van der Waals surface area contributed by atoms with Gasteiger partial charge in [-0.05, 0) is 37.8 Å². The summed E-state index contributed by atoms with van der Waals surface area (Å²) in [6.07, 6.45) is 5.83. The van der Waals surface area contributed by atoms with Crippen LogP contribution in [0.4, 0.5) is 0 Å². The number of rotatable bonds is 4. The van der Waals surface area contributed by atoms with Crippen LogP contribution in [0.3, 0.4) is 0 Å². The Balaban J connectivity index is 1.42. The first-order valence-electron chi connectivity index (χ1n) is 8.42. The van der Waals surface area contributed by atoms with Crippen LogP contribution < -0.4 is 10.1 Å². The minimum Gasteiger partial charge on any atom is -0.481 e. The molecule has 0 aromatic carbocycles. The monoisotopic (exact) mass is 330 g/mol. The number of hydrogen-bond donors (Lipinski definition) is 1. The number of aromatic nitrogens is 3. The zero-order chi connectivity index (χ0) is 16.4. The van der Waals surface area contributed by atoms with E-state index in [4.69, 9.17) is 14.0 Å². The molecule has 7 nitrogen and oxygen atoms in total. The molecule has 2 saturated heterocycles. The molecule has 7 heteroatoms. The fourth-order valence-corrected chi connectivity index (χ4v) is 3.71. The van der Waals surface area contributed by atoms with E-state index in [0.29, 0.717) is 23.5 Å². The Hall–Kier alpha value is -1.99. The van der Waals surface area contributed by atoms with Crippen LogP contribution in [0.2, 0.25) is 0 Å². The highest BCUT2D eigenvalue weighted by Crippen LogP contribution is 2.34. The van der Waals surface area contributed by atoms with Gasteiger partial charge in [-0.2, -0.15) is 4.98 Å². The van der Waals surface area contributed by atoms with Crippen LogP contribution in [0.25, 0.3) is 11.4 Å². The number of nitrogens with one attached hydrogen (secondary N) is 1. The SMILES string of the molecule is COc1cc(-c2noc(CC3CNC4(CCOCC4)C3)n2)ccn1. The summed E-state index contributed by atoms with van der Waals surface area (Å²) in [5, 5.41) is 7.80. The normalized spacial score (nSPS) is 22.8. The summed E-state index contributed by atoms with van der Waals surface area (Å²) in [5.41, 5.74) is 1.10. The predicted molar refractivity (Wildman–Crippen MR) is 86.7 cm³/mol. The molecule has 1 atom stereocenters. The Bertz CT molecular complexity index is 697. The first kappa shape index (κ1) is 15.5. The minimum atomic E-state index is 0.254. The van der Waals surface area contributed by atoms with E-state index < -0.39 is 0 Å². The molecule has 0 amide bonds. The van der Waals surface area contributed by atoms with E-state index in [0.717, 1.165) is 51.0 Å². The smallest absolute Gasteiger partial charge is 0.227 e. The maximum Gasteiger partial charge on any atom is 0.227 e. The number of pyridine rings is 1. The van der Waals surface area contributed by atoms with Gasteiger partial charge in [-0.15, -0.1) is 0 Å². The standard InChI is InChI=1S/C17H22N4O3/c1-22-14-9-13(2-5-18-14)16-20-15(24-21-16)8-12-10-17(19-11-12)3-6-23-7-4-17/h2,5,9,12,19H,3-4,6-8,10-11H2,1H3. The minimum absolute atomic E-state index is 0.254. The summed E-state index contributed by atoms with van der Waals surface area (Å²) in [4.78, 5) is 8.63. The molecule has 4 rings (SSSR count). The third-order valence-electron chi connectivity index (χ3n) is 5.03.